The van der Waals surface area contributed by atoms with Crippen LogP contribution in [-0.4, -0.2) is 36.5 Å². The summed E-state index contributed by atoms with van der Waals surface area (Å²) in [6.07, 6.45) is 5.81. The first kappa shape index (κ1) is 11.9. The lowest BCUT2D eigenvalue weighted by atomic mass is 9.83. The van der Waals surface area contributed by atoms with Crippen molar-refractivity contribution in [3.8, 4) is 0 Å². The highest BCUT2D eigenvalue weighted by Gasteiger charge is 2.38. The van der Waals surface area contributed by atoms with Gasteiger partial charge in [-0.05, 0) is 44.6 Å². The molecular formula is C13H24N2O. The quantitative estimate of drug-likeness (QED) is 0.775. The molecule has 1 atom stereocenters. The van der Waals surface area contributed by atoms with Crippen molar-refractivity contribution in [3.63, 3.8) is 0 Å². The van der Waals surface area contributed by atoms with Gasteiger partial charge in [0.2, 0.25) is 5.91 Å². The van der Waals surface area contributed by atoms with Crippen LogP contribution in [0.25, 0.3) is 0 Å². The molecule has 1 unspecified atom stereocenters. The first-order chi connectivity index (χ1) is 7.53. The number of carbonyl (C=O) groups is 1. The van der Waals surface area contributed by atoms with Crippen LogP contribution in [0.5, 0.6) is 0 Å². The Morgan fingerprint density at radius 1 is 1.38 bits per heavy atom. The second-order valence-corrected chi connectivity index (χ2v) is 6.08. The van der Waals surface area contributed by atoms with Crippen molar-refractivity contribution in [2.24, 2.45) is 5.41 Å². The Morgan fingerprint density at radius 3 is 2.56 bits per heavy atom. The molecule has 1 amide bonds. The second kappa shape index (κ2) is 4.36. The molecule has 0 radical (unpaired) electrons. The van der Waals surface area contributed by atoms with Crippen LogP contribution < -0.4 is 5.32 Å². The van der Waals surface area contributed by atoms with Gasteiger partial charge in [-0.3, -0.25) is 4.79 Å². The number of nitrogens with zero attached hydrogens (tertiary/aromatic N) is 1. The van der Waals surface area contributed by atoms with E-state index in [-0.39, 0.29) is 11.5 Å². The van der Waals surface area contributed by atoms with Gasteiger partial charge in [0.25, 0.3) is 0 Å². The van der Waals surface area contributed by atoms with E-state index in [9.17, 15) is 4.79 Å². The third-order valence-electron chi connectivity index (χ3n) is 4.23. The van der Waals surface area contributed by atoms with Crippen molar-refractivity contribution >= 4 is 5.91 Å². The van der Waals surface area contributed by atoms with Gasteiger partial charge in [0, 0.05) is 12.6 Å². The van der Waals surface area contributed by atoms with Gasteiger partial charge in [-0.25, -0.2) is 0 Å². The van der Waals surface area contributed by atoms with Gasteiger partial charge in [-0.15, -0.1) is 0 Å². The summed E-state index contributed by atoms with van der Waals surface area (Å²) in [4.78, 5) is 14.5. The van der Waals surface area contributed by atoms with Gasteiger partial charge >= 0.3 is 0 Å². The molecule has 2 fully saturated rings. The fraction of sp³-hybridized carbons (Fsp3) is 0.923. The maximum absolute atomic E-state index is 12.4. The van der Waals surface area contributed by atoms with Crippen molar-refractivity contribution in [1.82, 2.24) is 10.2 Å². The summed E-state index contributed by atoms with van der Waals surface area (Å²) in [5.74, 6) is 0.331. The summed E-state index contributed by atoms with van der Waals surface area (Å²) < 4.78 is 0. The van der Waals surface area contributed by atoms with Crippen molar-refractivity contribution in [3.05, 3.63) is 0 Å². The summed E-state index contributed by atoms with van der Waals surface area (Å²) in [7, 11) is 1.91. The molecule has 1 heterocycles. The Labute approximate surface area is 98.6 Å². The molecule has 16 heavy (non-hydrogen) atoms. The Bertz CT molecular complexity index is 271. The molecule has 1 N–H and O–H groups in total. The van der Waals surface area contributed by atoms with E-state index in [1.807, 2.05) is 7.05 Å². The monoisotopic (exact) mass is 224 g/mol. The minimum Gasteiger partial charge on any atom is -0.338 e. The van der Waals surface area contributed by atoms with E-state index < -0.39 is 0 Å². The van der Waals surface area contributed by atoms with Crippen LogP contribution in [0.4, 0.5) is 0 Å². The smallest absolute Gasteiger partial charge is 0.239 e. The molecule has 0 aromatic rings. The van der Waals surface area contributed by atoms with E-state index in [0.29, 0.717) is 11.9 Å². The molecule has 3 heteroatoms. The highest BCUT2D eigenvalue weighted by molar-refractivity contribution is 5.82. The van der Waals surface area contributed by atoms with E-state index >= 15 is 0 Å². The van der Waals surface area contributed by atoms with Gasteiger partial charge in [-0.1, -0.05) is 13.8 Å². The molecule has 1 saturated carbocycles. The standard InChI is InChI=1S/C13H24N2O/c1-13(2)7-8-15(10-5-4-6-10)12(16)11(9-13)14-3/h10-11,14H,4-9H2,1-3H3. The van der Waals surface area contributed by atoms with Crippen molar-refractivity contribution < 1.29 is 4.79 Å². The van der Waals surface area contributed by atoms with Gasteiger partial charge in [0.1, 0.15) is 0 Å². The normalized spacial score (nSPS) is 31.1. The molecule has 1 aliphatic carbocycles. The number of hydrogen-bond donors (Lipinski definition) is 1. The Kier molecular flexibility index (Phi) is 3.24. The molecule has 0 aromatic carbocycles. The molecule has 2 rings (SSSR count). The van der Waals surface area contributed by atoms with Crippen LogP contribution in [-0.2, 0) is 4.79 Å². The van der Waals surface area contributed by atoms with E-state index in [0.717, 1.165) is 19.4 Å². The maximum atomic E-state index is 12.4. The average molecular weight is 224 g/mol. The van der Waals surface area contributed by atoms with E-state index in [1.54, 1.807) is 0 Å². The Hall–Kier alpha value is -0.570. The molecule has 92 valence electrons. The van der Waals surface area contributed by atoms with Gasteiger partial charge < -0.3 is 10.2 Å². The predicted molar refractivity (Wildman–Crippen MR) is 65.2 cm³/mol. The van der Waals surface area contributed by atoms with Crippen LogP contribution in [0.2, 0.25) is 0 Å². The highest BCUT2D eigenvalue weighted by atomic mass is 16.2. The lowest BCUT2D eigenvalue weighted by Crippen LogP contribution is -2.50. The molecule has 1 aliphatic heterocycles. The average Bonchev–Trinajstić information content (AvgIpc) is 2.26. The van der Waals surface area contributed by atoms with E-state index in [2.05, 4.69) is 24.1 Å². The topological polar surface area (TPSA) is 32.3 Å². The number of likely N-dealkylation sites (tertiary alicyclic amines) is 1. The van der Waals surface area contributed by atoms with Crippen LogP contribution in [0.3, 0.4) is 0 Å². The summed E-state index contributed by atoms with van der Waals surface area (Å²) in [6, 6.07) is 0.565. The second-order valence-electron chi connectivity index (χ2n) is 6.08. The number of rotatable bonds is 2. The fourth-order valence-electron chi connectivity index (χ4n) is 2.76. The summed E-state index contributed by atoms with van der Waals surface area (Å²) in [5.41, 5.74) is 0.280. The predicted octanol–water partition coefficient (Wildman–Crippen LogP) is 1.78. The molecule has 0 aromatic heterocycles. The zero-order valence-electron chi connectivity index (χ0n) is 10.8. The molecule has 1 saturated heterocycles. The van der Waals surface area contributed by atoms with Crippen LogP contribution in [0.15, 0.2) is 0 Å². The molecule has 2 aliphatic rings. The Morgan fingerprint density at radius 2 is 2.06 bits per heavy atom. The highest BCUT2D eigenvalue weighted by Crippen LogP contribution is 2.34. The zero-order chi connectivity index (χ0) is 11.8. The van der Waals surface area contributed by atoms with Gasteiger partial charge in [-0.2, -0.15) is 0 Å². The fourth-order valence-corrected chi connectivity index (χ4v) is 2.76. The number of likely N-dealkylation sites (N-methyl/N-ethyl adjacent to an activating group) is 1. The summed E-state index contributed by atoms with van der Waals surface area (Å²) in [5, 5.41) is 3.19. The van der Waals surface area contributed by atoms with Crippen molar-refractivity contribution in [1.29, 1.82) is 0 Å². The minimum atomic E-state index is 0.0260. The molecule has 0 spiro atoms. The third kappa shape index (κ3) is 2.24. The number of carbonyl (C=O) groups excluding carboxylic acids is 1. The Balaban J connectivity index is 2.11. The van der Waals surface area contributed by atoms with Crippen LogP contribution >= 0.6 is 0 Å². The molecule has 0 bridgehead atoms. The van der Waals surface area contributed by atoms with Gasteiger partial charge in [0.15, 0.2) is 0 Å². The number of nitrogens with one attached hydrogen (secondary N) is 1. The summed E-state index contributed by atoms with van der Waals surface area (Å²) in [6.45, 7) is 5.50. The third-order valence-corrected chi connectivity index (χ3v) is 4.23. The SMILES string of the molecule is CNC1CC(C)(C)CCN(C2CCC2)C1=O. The number of hydrogen-bond acceptors (Lipinski definition) is 2. The number of amides is 1. The first-order valence-corrected chi connectivity index (χ1v) is 6.51. The minimum absolute atomic E-state index is 0.0260. The summed E-state index contributed by atoms with van der Waals surface area (Å²) >= 11 is 0. The molecular weight excluding hydrogens is 200 g/mol. The van der Waals surface area contributed by atoms with Gasteiger partial charge in [0.05, 0.1) is 6.04 Å². The first-order valence-electron chi connectivity index (χ1n) is 6.51. The lowest BCUT2D eigenvalue weighted by Gasteiger charge is -2.38. The lowest BCUT2D eigenvalue weighted by molar-refractivity contribution is -0.136. The zero-order valence-corrected chi connectivity index (χ0v) is 10.8. The molecule has 3 nitrogen and oxygen atoms in total. The van der Waals surface area contributed by atoms with Crippen molar-refractivity contribution in [2.75, 3.05) is 13.6 Å². The van der Waals surface area contributed by atoms with E-state index in [1.165, 1.54) is 19.3 Å². The maximum Gasteiger partial charge on any atom is 0.239 e. The van der Waals surface area contributed by atoms with Crippen LogP contribution in [0.1, 0.15) is 46.0 Å². The van der Waals surface area contributed by atoms with Crippen LogP contribution in [0, 0.1) is 5.41 Å². The van der Waals surface area contributed by atoms with Crippen molar-refractivity contribution in [2.45, 2.75) is 58.0 Å². The largest absolute Gasteiger partial charge is 0.338 e. The van der Waals surface area contributed by atoms with E-state index in [4.69, 9.17) is 0 Å².